The van der Waals surface area contributed by atoms with Crippen LogP contribution in [0.2, 0.25) is 0 Å². The number of aliphatic imine (C=N–C) groups is 1. The van der Waals surface area contributed by atoms with E-state index in [1.165, 1.54) is 29.5 Å². The number of hydrogen-bond acceptors (Lipinski definition) is 2. The lowest BCUT2D eigenvalue weighted by Crippen LogP contribution is -2.30. The number of guanidine groups is 1. The molecule has 1 aliphatic rings. The molecule has 25 heavy (non-hydrogen) atoms. The van der Waals surface area contributed by atoms with Gasteiger partial charge in [0, 0.05) is 5.69 Å². The van der Waals surface area contributed by atoms with E-state index in [-0.39, 0.29) is 0 Å². The summed E-state index contributed by atoms with van der Waals surface area (Å²) in [5.41, 5.74) is 11.0. The van der Waals surface area contributed by atoms with E-state index in [1.807, 2.05) is 6.07 Å². The fraction of sp³-hybridized carbons (Fsp3) is 0.381. The van der Waals surface area contributed by atoms with Crippen molar-refractivity contribution >= 4 is 11.6 Å². The molecule has 3 N–H and O–H groups in total. The third kappa shape index (κ3) is 4.60. The van der Waals surface area contributed by atoms with Gasteiger partial charge in [0.1, 0.15) is 0 Å². The predicted octanol–water partition coefficient (Wildman–Crippen LogP) is 3.87. The van der Waals surface area contributed by atoms with E-state index >= 15 is 0 Å². The van der Waals surface area contributed by atoms with Crippen molar-refractivity contribution in [2.75, 3.05) is 25.0 Å². The van der Waals surface area contributed by atoms with Crippen LogP contribution < -0.4 is 11.1 Å². The number of nitrogens with two attached hydrogens (primary N) is 1. The Morgan fingerprint density at radius 1 is 1.08 bits per heavy atom. The van der Waals surface area contributed by atoms with Crippen LogP contribution in [-0.4, -0.2) is 30.5 Å². The maximum absolute atomic E-state index is 6.14. The van der Waals surface area contributed by atoms with E-state index in [9.17, 15) is 0 Å². The molecule has 2 aromatic carbocycles. The minimum Gasteiger partial charge on any atom is -0.370 e. The topological polar surface area (TPSA) is 53.6 Å². The van der Waals surface area contributed by atoms with Crippen LogP contribution in [0.25, 0.3) is 0 Å². The Labute approximate surface area is 150 Å². The molecule has 1 saturated heterocycles. The average molecular weight is 336 g/mol. The highest BCUT2D eigenvalue weighted by molar-refractivity contribution is 5.92. The minimum atomic E-state index is 0.295. The number of aryl methyl sites for hydroxylation is 2. The molecule has 4 heteroatoms. The number of nitrogens with zero attached hydrogens (tertiary/aromatic N) is 2. The number of rotatable bonds is 5. The first-order chi connectivity index (χ1) is 12.1. The third-order valence-corrected chi connectivity index (χ3v) is 4.98. The molecule has 1 atom stereocenters. The van der Waals surface area contributed by atoms with Gasteiger partial charge >= 0.3 is 0 Å². The predicted molar refractivity (Wildman–Crippen MR) is 106 cm³/mol. The second kappa shape index (κ2) is 8.17. The van der Waals surface area contributed by atoms with Crippen molar-refractivity contribution in [2.45, 2.75) is 32.7 Å². The minimum absolute atomic E-state index is 0.295. The number of hydrogen-bond donors (Lipinski definition) is 2. The molecule has 0 amide bonds. The second-order valence-corrected chi connectivity index (χ2v) is 6.82. The zero-order valence-corrected chi connectivity index (χ0v) is 15.2. The molecule has 132 valence electrons. The lowest BCUT2D eigenvalue weighted by Gasteiger charge is -2.26. The van der Waals surface area contributed by atoms with E-state index in [1.54, 1.807) is 0 Å². The zero-order chi connectivity index (χ0) is 17.6. The zero-order valence-electron chi connectivity index (χ0n) is 15.2. The Morgan fingerprint density at radius 3 is 2.48 bits per heavy atom. The summed E-state index contributed by atoms with van der Waals surface area (Å²) in [5.74, 6) is 0.475. The summed E-state index contributed by atoms with van der Waals surface area (Å²) in [5, 5.41) is 3.22. The molecule has 3 rings (SSSR count). The Kier molecular flexibility index (Phi) is 5.71. The van der Waals surface area contributed by atoms with Crippen molar-refractivity contribution in [3.63, 3.8) is 0 Å². The Hall–Kier alpha value is -2.33. The standard InChI is InChI=1S/C21H28N4/c1-16-10-11-19(14-17(16)2)24-21(22)23-15-20(25-12-6-7-13-25)18-8-4-3-5-9-18/h3-5,8-11,14,20H,6-7,12-13,15H2,1-2H3,(H3,22,23,24). The van der Waals surface area contributed by atoms with Gasteiger partial charge in [-0.25, -0.2) is 0 Å². The maximum atomic E-state index is 6.14. The summed E-state index contributed by atoms with van der Waals surface area (Å²) in [7, 11) is 0. The quantitative estimate of drug-likeness (QED) is 0.644. The van der Waals surface area contributed by atoms with Crippen LogP contribution in [-0.2, 0) is 0 Å². The van der Waals surface area contributed by atoms with Crippen LogP contribution in [0.3, 0.4) is 0 Å². The molecular weight excluding hydrogens is 308 g/mol. The second-order valence-electron chi connectivity index (χ2n) is 6.82. The number of anilines is 1. The number of nitrogens with one attached hydrogen (secondary N) is 1. The van der Waals surface area contributed by atoms with Crippen molar-refractivity contribution in [2.24, 2.45) is 10.7 Å². The molecule has 1 heterocycles. The Balaban J connectivity index is 1.70. The average Bonchev–Trinajstić information content (AvgIpc) is 3.14. The first-order valence-corrected chi connectivity index (χ1v) is 9.06. The molecule has 0 saturated carbocycles. The first-order valence-electron chi connectivity index (χ1n) is 9.06. The monoisotopic (exact) mass is 336 g/mol. The molecule has 0 radical (unpaired) electrons. The van der Waals surface area contributed by atoms with Gasteiger partial charge in [0.15, 0.2) is 5.96 Å². The SMILES string of the molecule is Cc1ccc(NC(N)=NCC(c2ccccc2)N2CCCC2)cc1C. The number of likely N-dealkylation sites (tertiary alicyclic amines) is 1. The Bertz CT molecular complexity index is 718. The van der Waals surface area contributed by atoms with Crippen LogP contribution in [0.4, 0.5) is 5.69 Å². The van der Waals surface area contributed by atoms with Crippen LogP contribution >= 0.6 is 0 Å². The van der Waals surface area contributed by atoms with Crippen LogP contribution in [0.1, 0.15) is 35.6 Å². The largest absolute Gasteiger partial charge is 0.370 e. The van der Waals surface area contributed by atoms with E-state index in [0.717, 1.165) is 18.8 Å². The van der Waals surface area contributed by atoms with E-state index in [4.69, 9.17) is 5.73 Å². The molecule has 0 aliphatic carbocycles. The van der Waals surface area contributed by atoms with Gasteiger partial charge in [-0.05, 0) is 68.6 Å². The van der Waals surface area contributed by atoms with Gasteiger partial charge in [-0.2, -0.15) is 0 Å². The van der Waals surface area contributed by atoms with Gasteiger partial charge in [-0.1, -0.05) is 36.4 Å². The van der Waals surface area contributed by atoms with Crippen molar-refractivity contribution in [3.05, 3.63) is 65.2 Å². The van der Waals surface area contributed by atoms with Crippen molar-refractivity contribution in [1.29, 1.82) is 0 Å². The van der Waals surface area contributed by atoms with Gasteiger partial charge in [0.05, 0.1) is 12.6 Å². The summed E-state index contributed by atoms with van der Waals surface area (Å²) in [6, 6.07) is 17.2. The summed E-state index contributed by atoms with van der Waals surface area (Å²) in [4.78, 5) is 7.15. The van der Waals surface area contributed by atoms with Crippen LogP contribution in [0, 0.1) is 13.8 Å². The molecule has 4 nitrogen and oxygen atoms in total. The fourth-order valence-electron chi connectivity index (χ4n) is 3.35. The van der Waals surface area contributed by atoms with Crippen molar-refractivity contribution < 1.29 is 0 Å². The molecular formula is C21H28N4. The molecule has 1 unspecified atom stereocenters. The molecule has 1 aliphatic heterocycles. The Morgan fingerprint density at radius 2 is 1.80 bits per heavy atom. The van der Waals surface area contributed by atoms with Gasteiger partial charge in [-0.3, -0.25) is 9.89 Å². The highest BCUT2D eigenvalue weighted by Crippen LogP contribution is 2.25. The summed E-state index contributed by atoms with van der Waals surface area (Å²) < 4.78 is 0. The first kappa shape index (κ1) is 17.5. The van der Waals surface area contributed by atoms with Gasteiger partial charge in [0.2, 0.25) is 0 Å². The van der Waals surface area contributed by atoms with Crippen LogP contribution in [0.5, 0.6) is 0 Å². The highest BCUT2D eigenvalue weighted by Gasteiger charge is 2.23. The molecule has 2 aromatic rings. The maximum Gasteiger partial charge on any atom is 0.193 e. The highest BCUT2D eigenvalue weighted by atomic mass is 15.2. The lowest BCUT2D eigenvalue weighted by molar-refractivity contribution is 0.252. The van der Waals surface area contributed by atoms with E-state index in [2.05, 4.69) is 71.5 Å². The lowest BCUT2D eigenvalue weighted by atomic mass is 10.1. The van der Waals surface area contributed by atoms with Gasteiger partial charge in [0.25, 0.3) is 0 Å². The summed E-state index contributed by atoms with van der Waals surface area (Å²) in [6.45, 7) is 7.16. The normalized spacial score (nSPS) is 16.8. The molecule has 0 spiro atoms. The fourth-order valence-corrected chi connectivity index (χ4v) is 3.35. The summed E-state index contributed by atoms with van der Waals surface area (Å²) in [6.07, 6.45) is 2.53. The molecule has 0 bridgehead atoms. The van der Waals surface area contributed by atoms with E-state index in [0.29, 0.717) is 18.5 Å². The summed E-state index contributed by atoms with van der Waals surface area (Å²) >= 11 is 0. The third-order valence-electron chi connectivity index (χ3n) is 4.98. The van der Waals surface area contributed by atoms with Gasteiger partial charge < -0.3 is 11.1 Å². The van der Waals surface area contributed by atoms with E-state index < -0.39 is 0 Å². The van der Waals surface area contributed by atoms with Crippen molar-refractivity contribution in [3.8, 4) is 0 Å². The number of benzene rings is 2. The molecule has 0 aromatic heterocycles. The molecule has 1 fully saturated rings. The van der Waals surface area contributed by atoms with Crippen LogP contribution in [0.15, 0.2) is 53.5 Å². The van der Waals surface area contributed by atoms with Gasteiger partial charge in [-0.15, -0.1) is 0 Å². The smallest absolute Gasteiger partial charge is 0.193 e. The van der Waals surface area contributed by atoms with Crippen molar-refractivity contribution in [1.82, 2.24) is 4.90 Å².